The van der Waals surface area contributed by atoms with Gasteiger partial charge in [-0.15, -0.1) is 12.3 Å². The van der Waals surface area contributed by atoms with Crippen LogP contribution in [0, 0.1) is 24.2 Å². The molecule has 0 spiro atoms. The molecule has 1 unspecified atom stereocenters. The quantitative estimate of drug-likeness (QED) is 0.722. The van der Waals surface area contributed by atoms with Gasteiger partial charge in [-0.25, -0.2) is 4.79 Å². The van der Waals surface area contributed by atoms with Gasteiger partial charge < -0.3 is 10.0 Å². The lowest BCUT2D eigenvalue weighted by molar-refractivity contribution is -0.150. The van der Waals surface area contributed by atoms with Gasteiger partial charge in [0.2, 0.25) is 5.91 Å². The van der Waals surface area contributed by atoms with E-state index in [1.165, 1.54) is 4.90 Å². The topological polar surface area (TPSA) is 57.6 Å². The third kappa shape index (κ3) is 2.35. The molecule has 1 rings (SSSR count). The summed E-state index contributed by atoms with van der Waals surface area (Å²) in [4.78, 5) is 24.3. The molecule has 3 atom stereocenters. The Kier molecular flexibility index (Phi) is 3.94. The smallest absolute Gasteiger partial charge is 0.326 e. The highest BCUT2D eigenvalue weighted by Gasteiger charge is 2.39. The molecule has 0 aromatic carbocycles. The molecule has 1 aliphatic rings. The summed E-state index contributed by atoms with van der Waals surface area (Å²) in [6.45, 7) is 4.13. The van der Waals surface area contributed by atoms with Crippen molar-refractivity contribution in [2.75, 3.05) is 6.54 Å². The van der Waals surface area contributed by atoms with E-state index in [1.54, 1.807) is 0 Å². The number of carboxylic acids is 1. The zero-order chi connectivity index (χ0) is 12.3. The average molecular weight is 223 g/mol. The lowest BCUT2D eigenvalue weighted by Gasteiger charge is -2.28. The van der Waals surface area contributed by atoms with Crippen LogP contribution in [0.1, 0.15) is 26.7 Å². The third-order valence-electron chi connectivity index (χ3n) is 3.17. The summed E-state index contributed by atoms with van der Waals surface area (Å²) >= 11 is 0. The molecule has 4 heteroatoms. The number of likely N-dealkylation sites (tertiary alicyclic amines) is 1. The van der Waals surface area contributed by atoms with Crippen LogP contribution in [0.25, 0.3) is 0 Å². The van der Waals surface area contributed by atoms with Crippen molar-refractivity contribution in [3.63, 3.8) is 0 Å². The van der Waals surface area contributed by atoms with E-state index in [1.807, 2.05) is 13.8 Å². The van der Waals surface area contributed by atoms with Crippen molar-refractivity contribution in [2.45, 2.75) is 32.7 Å². The number of nitrogens with zero attached hydrogens (tertiary/aromatic N) is 1. The van der Waals surface area contributed by atoms with Gasteiger partial charge in [0.05, 0.1) is 0 Å². The molecule has 0 aromatic heterocycles. The van der Waals surface area contributed by atoms with E-state index in [4.69, 9.17) is 11.5 Å². The summed E-state index contributed by atoms with van der Waals surface area (Å²) in [5, 5.41) is 9.17. The predicted molar refractivity (Wildman–Crippen MR) is 59.5 cm³/mol. The highest BCUT2D eigenvalue weighted by molar-refractivity contribution is 5.85. The second-order valence-corrected chi connectivity index (χ2v) is 4.28. The molecule has 0 radical (unpaired) electrons. The highest BCUT2D eigenvalue weighted by Crippen LogP contribution is 2.24. The van der Waals surface area contributed by atoms with Gasteiger partial charge in [-0.05, 0) is 5.92 Å². The van der Waals surface area contributed by atoms with Crippen LogP contribution in [-0.2, 0) is 9.59 Å². The van der Waals surface area contributed by atoms with Crippen molar-refractivity contribution >= 4 is 11.9 Å². The van der Waals surface area contributed by atoms with E-state index in [9.17, 15) is 9.59 Å². The monoisotopic (exact) mass is 223 g/mol. The number of hydrogen-bond donors (Lipinski definition) is 1. The molecular weight excluding hydrogens is 206 g/mol. The van der Waals surface area contributed by atoms with Crippen molar-refractivity contribution in [1.82, 2.24) is 4.90 Å². The molecule has 1 aliphatic heterocycles. The lowest BCUT2D eigenvalue weighted by Crippen LogP contribution is -2.46. The SMILES string of the molecule is C#CC1CC(=O)N([C@H](C(=O)O)[C@@H](C)CC)C1. The van der Waals surface area contributed by atoms with Crippen LogP contribution < -0.4 is 0 Å². The average Bonchev–Trinajstić information content (AvgIpc) is 2.59. The van der Waals surface area contributed by atoms with E-state index in [-0.39, 0.29) is 24.2 Å². The minimum absolute atomic E-state index is 0.0574. The summed E-state index contributed by atoms with van der Waals surface area (Å²) in [5.74, 6) is 1.23. The lowest BCUT2D eigenvalue weighted by atomic mass is 9.98. The summed E-state index contributed by atoms with van der Waals surface area (Å²) in [6.07, 6.45) is 6.26. The minimum atomic E-state index is -0.944. The Hall–Kier alpha value is -1.50. The first-order chi connectivity index (χ1) is 7.51. The Balaban J connectivity index is 2.85. The van der Waals surface area contributed by atoms with Gasteiger partial charge in [-0.1, -0.05) is 20.3 Å². The van der Waals surface area contributed by atoms with Crippen LogP contribution in [0.5, 0.6) is 0 Å². The van der Waals surface area contributed by atoms with Crippen LogP contribution in [0.4, 0.5) is 0 Å². The molecule has 0 saturated carbocycles. The van der Waals surface area contributed by atoms with Crippen LogP contribution in [0.15, 0.2) is 0 Å². The summed E-state index contributed by atoms with van der Waals surface area (Å²) in [6, 6.07) is -0.740. The Morgan fingerprint density at radius 3 is 2.75 bits per heavy atom. The standard InChI is InChI=1S/C12H17NO3/c1-4-8(3)11(12(15)16)13-7-9(5-2)6-10(13)14/h2,8-9,11H,4,6-7H2,1,3H3,(H,15,16)/t8-,9?,11-/m0/s1. The van der Waals surface area contributed by atoms with Crippen molar-refractivity contribution in [2.24, 2.45) is 11.8 Å². The summed E-state index contributed by atoms with van der Waals surface area (Å²) in [5.41, 5.74) is 0. The van der Waals surface area contributed by atoms with E-state index < -0.39 is 12.0 Å². The molecule has 0 bridgehead atoms. The van der Waals surface area contributed by atoms with Crippen LogP contribution in [0.3, 0.4) is 0 Å². The largest absolute Gasteiger partial charge is 0.480 e. The number of amides is 1. The minimum Gasteiger partial charge on any atom is -0.480 e. The highest BCUT2D eigenvalue weighted by atomic mass is 16.4. The second-order valence-electron chi connectivity index (χ2n) is 4.28. The van der Waals surface area contributed by atoms with Gasteiger partial charge in [0.1, 0.15) is 6.04 Å². The third-order valence-corrected chi connectivity index (χ3v) is 3.17. The Labute approximate surface area is 95.6 Å². The first kappa shape index (κ1) is 12.6. The van der Waals surface area contributed by atoms with Crippen LogP contribution in [0.2, 0.25) is 0 Å². The normalized spacial score (nSPS) is 23.9. The molecule has 0 aromatic rings. The predicted octanol–water partition coefficient (Wildman–Crippen LogP) is 0.967. The Morgan fingerprint density at radius 2 is 2.38 bits per heavy atom. The zero-order valence-corrected chi connectivity index (χ0v) is 9.64. The van der Waals surface area contributed by atoms with Gasteiger partial charge in [0.25, 0.3) is 0 Å². The van der Waals surface area contributed by atoms with E-state index in [0.29, 0.717) is 6.54 Å². The van der Waals surface area contributed by atoms with Gasteiger partial charge in [-0.3, -0.25) is 4.79 Å². The molecule has 1 heterocycles. The number of terminal acetylenes is 1. The van der Waals surface area contributed by atoms with E-state index >= 15 is 0 Å². The van der Waals surface area contributed by atoms with E-state index in [0.717, 1.165) is 6.42 Å². The number of carbonyl (C=O) groups excluding carboxylic acids is 1. The number of aliphatic carboxylic acids is 1. The fourth-order valence-electron chi connectivity index (χ4n) is 2.02. The molecule has 4 nitrogen and oxygen atoms in total. The van der Waals surface area contributed by atoms with Crippen molar-refractivity contribution in [1.29, 1.82) is 0 Å². The molecular formula is C12H17NO3. The molecule has 16 heavy (non-hydrogen) atoms. The maximum absolute atomic E-state index is 11.7. The summed E-state index contributed by atoms with van der Waals surface area (Å²) in [7, 11) is 0. The molecule has 1 saturated heterocycles. The van der Waals surface area contributed by atoms with Gasteiger partial charge >= 0.3 is 5.97 Å². The zero-order valence-electron chi connectivity index (χ0n) is 9.64. The van der Waals surface area contributed by atoms with Gasteiger partial charge in [0, 0.05) is 18.9 Å². The molecule has 1 fully saturated rings. The number of hydrogen-bond acceptors (Lipinski definition) is 2. The number of rotatable bonds is 4. The number of carboxylic acid groups (broad SMARTS) is 1. The molecule has 88 valence electrons. The van der Waals surface area contributed by atoms with Crippen molar-refractivity contribution in [3.8, 4) is 12.3 Å². The first-order valence-corrected chi connectivity index (χ1v) is 5.49. The first-order valence-electron chi connectivity index (χ1n) is 5.49. The molecule has 1 N–H and O–H groups in total. The Morgan fingerprint density at radius 1 is 1.75 bits per heavy atom. The Bertz CT molecular complexity index is 332. The molecule has 1 amide bonds. The summed E-state index contributed by atoms with van der Waals surface area (Å²) < 4.78 is 0. The maximum Gasteiger partial charge on any atom is 0.326 e. The van der Waals surface area contributed by atoms with E-state index in [2.05, 4.69) is 5.92 Å². The maximum atomic E-state index is 11.7. The van der Waals surface area contributed by atoms with Crippen molar-refractivity contribution in [3.05, 3.63) is 0 Å². The second kappa shape index (κ2) is 5.02. The fraction of sp³-hybridized carbons (Fsp3) is 0.667. The fourth-order valence-corrected chi connectivity index (χ4v) is 2.02. The van der Waals surface area contributed by atoms with Crippen LogP contribution >= 0.6 is 0 Å². The van der Waals surface area contributed by atoms with Gasteiger partial charge in [-0.2, -0.15) is 0 Å². The van der Waals surface area contributed by atoms with Crippen molar-refractivity contribution < 1.29 is 14.7 Å². The number of carbonyl (C=O) groups is 2. The molecule has 0 aliphatic carbocycles. The van der Waals surface area contributed by atoms with Crippen LogP contribution in [-0.4, -0.2) is 34.5 Å². The van der Waals surface area contributed by atoms with Gasteiger partial charge in [0.15, 0.2) is 0 Å².